The van der Waals surface area contributed by atoms with E-state index in [-0.39, 0.29) is 11.7 Å². The van der Waals surface area contributed by atoms with Gasteiger partial charge in [-0.1, -0.05) is 23.8 Å². The van der Waals surface area contributed by atoms with Crippen molar-refractivity contribution in [3.63, 3.8) is 0 Å². The minimum absolute atomic E-state index is 0.0937. The van der Waals surface area contributed by atoms with Crippen LogP contribution in [0, 0.1) is 6.92 Å². The number of rotatable bonds is 7. The van der Waals surface area contributed by atoms with Crippen LogP contribution in [0.2, 0.25) is 0 Å². The molecule has 36 heavy (non-hydrogen) atoms. The Labute approximate surface area is 209 Å². The van der Waals surface area contributed by atoms with Gasteiger partial charge in [-0.25, -0.2) is 9.37 Å². The van der Waals surface area contributed by atoms with Crippen LogP contribution in [0.15, 0.2) is 59.5 Å². The van der Waals surface area contributed by atoms with Gasteiger partial charge in [-0.15, -0.1) is 0 Å². The molecule has 1 fully saturated rings. The Kier molecular flexibility index (Phi) is 6.78. The molecule has 1 atom stereocenters. The molecule has 0 saturated carbocycles. The van der Waals surface area contributed by atoms with Gasteiger partial charge in [0.15, 0.2) is 0 Å². The SMILES string of the molecule is Cc1ccc(OC(C)F)c(Cn2c3cc(-c4ccnc(OC5CCOCC5)c4)ccc3c(=O)n2C)c1. The van der Waals surface area contributed by atoms with Crippen molar-refractivity contribution in [2.45, 2.75) is 45.7 Å². The van der Waals surface area contributed by atoms with Crippen LogP contribution in [0.3, 0.4) is 0 Å². The molecule has 5 rings (SSSR count). The molecule has 0 N–H and O–H groups in total. The van der Waals surface area contributed by atoms with Crippen LogP contribution in [-0.4, -0.2) is 40.0 Å². The van der Waals surface area contributed by atoms with Crippen LogP contribution in [-0.2, 0) is 18.3 Å². The van der Waals surface area contributed by atoms with Crippen molar-refractivity contribution in [3.05, 3.63) is 76.2 Å². The number of hydrogen-bond acceptors (Lipinski definition) is 5. The predicted octanol–water partition coefficient (Wildman–Crippen LogP) is 5.01. The summed E-state index contributed by atoms with van der Waals surface area (Å²) >= 11 is 0. The number of fused-ring (bicyclic) bond motifs is 1. The van der Waals surface area contributed by atoms with Gasteiger partial charge < -0.3 is 14.2 Å². The molecule has 7 nitrogen and oxygen atoms in total. The fourth-order valence-electron chi connectivity index (χ4n) is 4.64. The Balaban J connectivity index is 1.51. The largest absolute Gasteiger partial charge is 0.474 e. The predicted molar refractivity (Wildman–Crippen MR) is 136 cm³/mol. The highest BCUT2D eigenvalue weighted by Crippen LogP contribution is 2.28. The number of alkyl halides is 1. The molecule has 1 aliphatic rings. The van der Waals surface area contributed by atoms with E-state index < -0.39 is 6.36 Å². The summed E-state index contributed by atoms with van der Waals surface area (Å²) in [5, 5.41) is 0.614. The molecular weight excluding hydrogens is 461 g/mol. The van der Waals surface area contributed by atoms with Crippen molar-refractivity contribution in [1.82, 2.24) is 14.3 Å². The number of aromatic nitrogens is 3. The highest BCUT2D eigenvalue weighted by molar-refractivity contribution is 5.84. The van der Waals surface area contributed by atoms with Gasteiger partial charge in [0.2, 0.25) is 12.2 Å². The van der Waals surface area contributed by atoms with Gasteiger partial charge in [0, 0.05) is 44.6 Å². The van der Waals surface area contributed by atoms with Gasteiger partial charge in [0.05, 0.1) is 30.7 Å². The number of halogens is 1. The molecular formula is C28H30FN3O4. The zero-order chi connectivity index (χ0) is 25.2. The summed E-state index contributed by atoms with van der Waals surface area (Å²) in [7, 11) is 1.74. The summed E-state index contributed by atoms with van der Waals surface area (Å²) in [5.41, 5.74) is 4.41. The summed E-state index contributed by atoms with van der Waals surface area (Å²) in [5.74, 6) is 1.04. The van der Waals surface area contributed by atoms with E-state index in [1.54, 1.807) is 24.0 Å². The summed E-state index contributed by atoms with van der Waals surface area (Å²) in [4.78, 5) is 17.4. The van der Waals surface area contributed by atoms with E-state index in [1.807, 2.05) is 54.1 Å². The van der Waals surface area contributed by atoms with Gasteiger partial charge in [-0.3, -0.25) is 14.2 Å². The summed E-state index contributed by atoms with van der Waals surface area (Å²) in [6.45, 7) is 5.08. The van der Waals surface area contributed by atoms with Crippen LogP contribution < -0.4 is 15.0 Å². The molecule has 1 unspecified atom stereocenters. The number of nitrogens with zero attached hydrogens (tertiary/aromatic N) is 3. The molecule has 0 radical (unpaired) electrons. The third kappa shape index (κ3) is 4.99. The molecule has 4 aromatic rings. The first-order chi connectivity index (χ1) is 17.4. The molecule has 0 aliphatic carbocycles. The molecule has 2 aromatic carbocycles. The number of aryl methyl sites for hydroxylation is 1. The second-order valence-electron chi connectivity index (χ2n) is 9.20. The van der Waals surface area contributed by atoms with E-state index in [0.717, 1.165) is 40.6 Å². The minimum atomic E-state index is -1.44. The number of benzene rings is 2. The third-order valence-electron chi connectivity index (χ3n) is 6.51. The maximum Gasteiger partial charge on any atom is 0.274 e. The van der Waals surface area contributed by atoms with E-state index >= 15 is 0 Å². The lowest BCUT2D eigenvalue weighted by Gasteiger charge is -2.22. The smallest absolute Gasteiger partial charge is 0.274 e. The van der Waals surface area contributed by atoms with Gasteiger partial charge in [-0.2, -0.15) is 0 Å². The number of pyridine rings is 1. The molecule has 8 heteroatoms. The lowest BCUT2D eigenvalue weighted by atomic mass is 10.1. The lowest BCUT2D eigenvalue weighted by molar-refractivity contribution is 0.0237. The second kappa shape index (κ2) is 10.1. The molecule has 2 aromatic heterocycles. The Morgan fingerprint density at radius 3 is 2.67 bits per heavy atom. The second-order valence-corrected chi connectivity index (χ2v) is 9.20. The minimum Gasteiger partial charge on any atom is -0.474 e. The highest BCUT2D eigenvalue weighted by atomic mass is 19.1. The Bertz CT molecular complexity index is 1440. The van der Waals surface area contributed by atoms with Gasteiger partial charge in [-0.05, 0) is 42.3 Å². The molecule has 0 bridgehead atoms. The maximum absolute atomic E-state index is 13.7. The third-order valence-corrected chi connectivity index (χ3v) is 6.51. The van der Waals surface area contributed by atoms with Crippen molar-refractivity contribution >= 4 is 10.9 Å². The molecule has 0 spiro atoms. The zero-order valence-electron chi connectivity index (χ0n) is 20.7. The van der Waals surface area contributed by atoms with Crippen LogP contribution in [0.1, 0.15) is 30.9 Å². The molecule has 0 amide bonds. The first-order valence-electron chi connectivity index (χ1n) is 12.2. The summed E-state index contributed by atoms with van der Waals surface area (Å²) in [6.07, 6.45) is 2.09. The van der Waals surface area contributed by atoms with E-state index in [2.05, 4.69) is 4.98 Å². The maximum atomic E-state index is 13.7. The van der Waals surface area contributed by atoms with E-state index in [0.29, 0.717) is 36.8 Å². The monoisotopic (exact) mass is 491 g/mol. The van der Waals surface area contributed by atoms with Crippen molar-refractivity contribution in [2.24, 2.45) is 7.05 Å². The fourth-order valence-corrected chi connectivity index (χ4v) is 4.64. The average molecular weight is 492 g/mol. The normalized spacial score (nSPS) is 15.2. The first kappa shape index (κ1) is 24.1. The van der Waals surface area contributed by atoms with Crippen LogP contribution in [0.5, 0.6) is 11.6 Å². The van der Waals surface area contributed by atoms with E-state index in [1.165, 1.54) is 6.92 Å². The number of hydrogen-bond donors (Lipinski definition) is 0. The van der Waals surface area contributed by atoms with Crippen molar-refractivity contribution in [2.75, 3.05) is 13.2 Å². The van der Waals surface area contributed by atoms with Gasteiger partial charge in [0.25, 0.3) is 5.56 Å². The Morgan fingerprint density at radius 1 is 1.11 bits per heavy atom. The van der Waals surface area contributed by atoms with Crippen LogP contribution in [0.4, 0.5) is 4.39 Å². The first-order valence-corrected chi connectivity index (χ1v) is 12.2. The van der Waals surface area contributed by atoms with Crippen LogP contribution in [0.25, 0.3) is 22.0 Å². The Morgan fingerprint density at radius 2 is 1.89 bits per heavy atom. The van der Waals surface area contributed by atoms with Crippen molar-refractivity contribution < 1.29 is 18.6 Å². The average Bonchev–Trinajstić information content (AvgIpc) is 3.10. The fraction of sp³-hybridized carbons (Fsp3) is 0.357. The quantitative estimate of drug-likeness (QED) is 0.364. The summed E-state index contributed by atoms with van der Waals surface area (Å²) < 4.78 is 34.1. The highest BCUT2D eigenvalue weighted by Gasteiger charge is 2.18. The lowest BCUT2D eigenvalue weighted by Crippen LogP contribution is -2.26. The zero-order valence-corrected chi connectivity index (χ0v) is 20.7. The van der Waals surface area contributed by atoms with Crippen molar-refractivity contribution in [1.29, 1.82) is 0 Å². The molecule has 3 heterocycles. The van der Waals surface area contributed by atoms with Gasteiger partial charge >= 0.3 is 0 Å². The molecule has 1 aliphatic heterocycles. The number of ether oxygens (including phenoxy) is 3. The molecule has 1 saturated heterocycles. The van der Waals surface area contributed by atoms with Crippen molar-refractivity contribution in [3.8, 4) is 22.8 Å². The molecule has 188 valence electrons. The van der Waals surface area contributed by atoms with Gasteiger partial charge in [0.1, 0.15) is 11.9 Å². The van der Waals surface area contributed by atoms with Crippen LogP contribution >= 0.6 is 0 Å². The van der Waals surface area contributed by atoms with E-state index in [4.69, 9.17) is 14.2 Å². The topological polar surface area (TPSA) is 67.5 Å². The van der Waals surface area contributed by atoms with E-state index in [9.17, 15) is 9.18 Å². The standard InChI is InChI=1S/C28H30FN3O4/c1-18-4-7-26(35-19(2)29)22(14-18)17-32-25-15-20(5-6-24(25)28(33)31(32)3)21-8-11-30-27(16-21)36-23-9-12-34-13-10-23/h4-8,11,14-16,19,23H,9-10,12-13,17H2,1-3H3. The Hall–Kier alpha value is -3.65. The summed E-state index contributed by atoms with van der Waals surface area (Å²) in [6, 6.07) is 15.3.